The normalized spacial score (nSPS) is 22.4. The van der Waals surface area contributed by atoms with Crippen LogP contribution in [0.15, 0.2) is 42.7 Å². The summed E-state index contributed by atoms with van der Waals surface area (Å²) in [6, 6.07) is 9.16. The fraction of sp³-hybridized carbons (Fsp3) is 0.381. The number of rotatable bonds is 5. The molecule has 5 heterocycles. The van der Waals surface area contributed by atoms with E-state index in [-0.39, 0.29) is 18.2 Å². The summed E-state index contributed by atoms with van der Waals surface area (Å²) in [5.74, 6) is 0.862. The van der Waals surface area contributed by atoms with Crippen LogP contribution in [0, 0.1) is 0 Å². The molecule has 5 rings (SSSR count). The maximum atomic E-state index is 11.4. The first-order chi connectivity index (χ1) is 15.1. The molecule has 0 spiro atoms. The molecule has 1 N–H and O–H groups in total. The Balaban J connectivity index is 1.29. The van der Waals surface area contributed by atoms with Gasteiger partial charge in [-0.25, -0.2) is 14.5 Å². The first kappa shape index (κ1) is 19.3. The standard InChI is InChI=1S/C21H22N6O4/c1-30-20-18(26-10-2-9-22-26)7-5-16(23-20)17-6-8-19(25-24-17)31-15-11-13-3-4-14(12-15)27(13)21(28)29/h2,5-10,13-15H,3-4,11-12H2,1H3,(H,28,29)/t13-,14+,15?. The molecule has 2 bridgehead atoms. The SMILES string of the molecule is COc1nc(-c2ccc(OC3C[C@H]4CC[C@@H](C3)N4C(=O)O)nn2)ccc1-n1cccn1. The highest BCUT2D eigenvalue weighted by molar-refractivity contribution is 5.66. The van der Waals surface area contributed by atoms with E-state index in [2.05, 4.69) is 20.3 Å². The van der Waals surface area contributed by atoms with E-state index in [9.17, 15) is 9.90 Å². The molecule has 2 saturated heterocycles. The zero-order valence-electron chi connectivity index (χ0n) is 17.0. The van der Waals surface area contributed by atoms with Crippen LogP contribution in [0.2, 0.25) is 0 Å². The van der Waals surface area contributed by atoms with Crippen LogP contribution in [-0.2, 0) is 0 Å². The van der Waals surface area contributed by atoms with Gasteiger partial charge in [-0.2, -0.15) is 5.10 Å². The number of fused-ring (bicyclic) bond motifs is 2. The molecule has 0 aliphatic carbocycles. The molecule has 2 fully saturated rings. The van der Waals surface area contributed by atoms with E-state index >= 15 is 0 Å². The van der Waals surface area contributed by atoms with Crippen molar-refractivity contribution >= 4 is 6.09 Å². The maximum Gasteiger partial charge on any atom is 0.407 e. The summed E-state index contributed by atoms with van der Waals surface area (Å²) < 4.78 is 13.1. The Morgan fingerprint density at radius 2 is 1.87 bits per heavy atom. The number of pyridine rings is 1. The average Bonchev–Trinajstić information content (AvgIpc) is 3.41. The van der Waals surface area contributed by atoms with Crippen LogP contribution < -0.4 is 9.47 Å². The minimum absolute atomic E-state index is 0.0263. The monoisotopic (exact) mass is 422 g/mol. The largest absolute Gasteiger partial charge is 0.479 e. The number of carbonyl (C=O) groups is 1. The van der Waals surface area contributed by atoms with Crippen molar-refractivity contribution in [2.45, 2.75) is 43.9 Å². The maximum absolute atomic E-state index is 11.4. The second-order valence-corrected chi connectivity index (χ2v) is 7.72. The zero-order valence-corrected chi connectivity index (χ0v) is 17.0. The van der Waals surface area contributed by atoms with Crippen molar-refractivity contribution in [1.82, 2.24) is 29.9 Å². The lowest BCUT2D eigenvalue weighted by Crippen LogP contribution is -2.48. The Labute approximate surface area is 178 Å². The number of hydrogen-bond acceptors (Lipinski definition) is 7. The molecule has 31 heavy (non-hydrogen) atoms. The van der Waals surface area contributed by atoms with Gasteiger partial charge < -0.3 is 19.5 Å². The molecule has 2 aliphatic rings. The predicted octanol–water partition coefficient (Wildman–Crippen LogP) is 2.79. The molecule has 0 saturated carbocycles. The topological polar surface area (TPSA) is 115 Å². The van der Waals surface area contributed by atoms with Gasteiger partial charge in [0.25, 0.3) is 0 Å². The van der Waals surface area contributed by atoms with Crippen molar-refractivity contribution in [3.8, 4) is 28.8 Å². The summed E-state index contributed by atoms with van der Waals surface area (Å²) in [5, 5.41) is 22.1. The molecular formula is C21H22N6O4. The van der Waals surface area contributed by atoms with E-state index in [4.69, 9.17) is 9.47 Å². The third-order valence-electron chi connectivity index (χ3n) is 5.89. The Kier molecular flexibility index (Phi) is 4.89. The van der Waals surface area contributed by atoms with Crippen molar-refractivity contribution in [2.24, 2.45) is 0 Å². The van der Waals surface area contributed by atoms with E-state index in [1.165, 1.54) is 0 Å². The summed E-state index contributed by atoms with van der Waals surface area (Å²) >= 11 is 0. The molecule has 0 radical (unpaired) electrons. The summed E-state index contributed by atoms with van der Waals surface area (Å²) in [4.78, 5) is 17.5. The Morgan fingerprint density at radius 3 is 2.48 bits per heavy atom. The van der Waals surface area contributed by atoms with Gasteiger partial charge in [-0.1, -0.05) is 0 Å². The van der Waals surface area contributed by atoms with Gasteiger partial charge in [0.05, 0.1) is 12.8 Å². The Bertz CT molecular complexity index is 1060. The van der Waals surface area contributed by atoms with Crippen LogP contribution in [0.3, 0.4) is 0 Å². The molecule has 3 aromatic rings. The first-order valence-electron chi connectivity index (χ1n) is 10.2. The molecule has 3 aromatic heterocycles. The molecule has 3 atom stereocenters. The summed E-state index contributed by atoms with van der Waals surface area (Å²) in [5.41, 5.74) is 1.95. The highest BCUT2D eigenvalue weighted by Gasteiger charge is 2.44. The van der Waals surface area contributed by atoms with Gasteiger partial charge in [0.1, 0.15) is 17.5 Å². The van der Waals surface area contributed by atoms with Crippen molar-refractivity contribution in [3.63, 3.8) is 0 Å². The van der Waals surface area contributed by atoms with Crippen LogP contribution in [0.4, 0.5) is 4.79 Å². The van der Waals surface area contributed by atoms with Gasteiger partial charge in [-0.15, -0.1) is 10.2 Å². The Hall–Kier alpha value is -3.69. The number of hydrogen-bond donors (Lipinski definition) is 1. The zero-order chi connectivity index (χ0) is 21.4. The number of methoxy groups -OCH3 is 1. The van der Waals surface area contributed by atoms with Gasteiger partial charge >= 0.3 is 6.09 Å². The van der Waals surface area contributed by atoms with E-state index in [1.807, 2.05) is 24.4 Å². The minimum atomic E-state index is -0.836. The molecular weight excluding hydrogens is 400 g/mol. The highest BCUT2D eigenvalue weighted by Crippen LogP contribution is 2.37. The minimum Gasteiger partial charge on any atom is -0.479 e. The smallest absolute Gasteiger partial charge is 0.407 e. The first-order valence-corrected chi connectivity index (χ1v) is 10.2. The van der Waals surface area contributed by atoms with Crippen LogP contribution in [0.5, 0.6) is 11.8 Å². The second kappa shape index (κ2) is 7.86. The molecule has 10 nitrogen and oxygen atoms in total. The lowest BCUT2D eigenvalue weighted by atomic mass is 10.0. The number of piperidine rings is 1. The van der Waals surface area contributed by atoms with Crippen LogP contribution in [-0.4, -0.2) is 66.4 Å². The van der Waals surface area contributed by atoms with Crippen LogP contribution in [0.1, 0.15) is 25.7 Å². The molecule has 0 aromatic carbocycles. The Morgan fingerprint density at radius 1 is 1.10 bits per heavy atom. The highest BCUT2D eigenvalue weighted by atomic mass is 16.5. The number of aromatic nitrogens is 5. The number of nitrogens with zero attached hydrogens (tertiary/aromatic N) is 6. The lowest BCUT2D eigenvalue weighted by Gasteiger charge is -2.36. The molecule has 10 heteroatoms. The van der Waals surface area contributed by atoms with Crippen LogP contribution in [0.25, 0.3) is 17.1 Å². The van der Waals surface area contributed by atoms with Crippen molar-refractivity contribution < 1.29 is 19.4 Å². The number of amides is 1. The fourth-order valence-corrected chi connectivity index (χ4v) is 4.54. The quantitative estimate of drug-likeness (QED) is 0.667. The summed E-state index contributed by atoms with van der Waals surface area (Å²) in [6.07, 6.45) is 5.76. The van der Waals surface area contributed by atoms with Gasteiger partial charge in [-0.05, 0) is 37.1 Å². The lowest BCUT2D eigenvalue weighted by molar-refractivity contribution is 0.0473. The van der Waals surface area contributed by atoms with Gasteiger partial charge in [0, 0.05) is 43.4 Å². The average molecular weight is 422 g/mol. The van der Waals surface area contributed by atoms with E-state index in [0.29, 0.717) is 36.0 Å². The van der Waals surface area contributed by atoms with Crippen LogP contribution >= 0.6 is 0 Å². The van der Waals surface area contributed by atoms with Gasteiger partial charge in [0.15, 0.2) is 0 Å². The van der Waals surface area contributed by atoms with E-state index in [0.717, 1.165) is 18.5 Å². The second-order valence-electron chi connectivity index (χ2n) is 7.72. The van der Waals surface area contributed by atoms with E-state index in [1.54, 1.807) is 35.0 Å². The molecule has 1 amide bonds. The summed E-state index contributed by atoms with van der Waals surface area (Å²) in [7, 11) is 1.56. The molecule has 2 aliphatic heterocycles. The van der Waals surface area contributed by atoms with Crippen molar-refractivity contribution in [1.29, 1.82) is 0 Å². The summed E-state index contributed by atoms with van der Waals surface area (Å²) in [6.45, 7) is 0. The molecule has 160 valence electrons. The van der Waals surface area contributed by atoms with E-state index < -0.39 is 6.09 Å². The van der Waals surface area contributed by atoms with Crippen molar-refractivity contribution in [2.75, 3.05) is 7.11 Å². The number of ether oxygens (including phenoxy) is 2. The van der Waals surface area contributed by atoms with Gasteiger partial charge in [-0.3, -0.25) is 0 Å². The van der Waals surface area contributed by atoms with Gasteiger partial charge in [0.2, 0.25) is 11.8 Å². The fourth-order valence-electron chi connectivity index (χ4n) is 4.54. The predicted molar refractivity (Wildman–Crippen MR) is 109 cm³/mol. The number of carboxylic acid groups (broad SMARTS) is 1. The third kappa shape index (κ3) is 3.65. The molecule has 1 unspecified atom stereocenters. The third-order valence-corrected chi connectivity index (χ3v) is 5.89. The van der Waals surface area contributed by atoms with Crippen molar-refractivity contribution in [3.05, 3.63) is 42.7 Å².